The number of aliphatic hydroxyl groups is 1. The molecule has 31 heavy (non-hydrogen) atoms. The van der Waals surface area contributed by atoms with Gasteiger partial charge in [-0.25, -0.2) is 0 Å². The van der Waals surface area contributed by atoms with E-state index in [2.05, 4.69) is 0 Å². The van der Waals surface area contributed by atoms with Gasteiger partial charge in [0.1, 0.15) is 17.1 Å². The van der Waals surface area contributed by atoms with Crippen LogP contribution in [0.15, 0.2) is 60.4 Å². The molecular formula is C26H30O5. The van der Waals surface area contributed by atoms with Gasteiger partial charge in [0.2, 0.25) is 0 Å². The van der Waals surface area contributed by atoms with Crippen LogP contribution in [0, 0.1) is 6.92 Å². The number of aryl methyl sites for hydroxylation is 1. The van der Waals surface area contributed by atoms with E-state index in [4.69, 9.17) is 14.2 Å². The number of ketones is 1. The van der Waals surface area contributed by atoms with Crippen molar-refractivity contribution in [3.8, 4) is 17.2 Å². The van der Waals surface area contributed by atoms with Crippen LogP contribution >= 0.6 is 0 Å². The van der Waals surface area contributed by atoms with E-state index in [1.165, 1.54) is 12.2 Å². The first-order chi connectivity index (χ1) is 14.6. The predicted molar refractivity (Wildman–Crippen MR) is 125 cm³/mol. The second-order valence-corrected chi connectivity index (χ2v) is 7.99. The largest absolute Gasteiger partial charge is 0.508 e. The molecule has 2 aromatic carbocycles. The quantitative estimate of drug-likeness (QED) is 0.325. The van der Waals surface area contributed by atoms with Crippen molar-refractivity contribution < 1.29 is 24.1 Å². The van der Waals surface area contributed by atoms with Crippen LogP contribution in [0.1, 0.15) is 37.5 Å². The summed E-state index contributed by atoms with van der Waals surface area (Å²) in [5.74, 6) is 1.51. The highest BCUT2D eigenvalue weighted by molar-refractivity contribution is 6.02. The standard InChI is InChI=1S/C26H30O5/c1-18-7-8-19(15-24(18)29-5)9-12-21(27)17-22(28)13-10-20-11-14-23(25(16-20)30-6)31-26(2,3)4/h7-17,28H,1-6H3/b12-9+,13-10+,22-17?. The molecule has 0 saturated carbocycles. The van der Waals surface area contributed by atoms with E-state index in [0.29, 0.717) is 11.5 Å². The summed E-state index contributed by atoms with van der Waals surface area (Å²) in [7, 11) is 3.18. The molecule has 0 spiro atoms. The second kappa shape index (κ2) is 10.5. The van der Waals surface area contributed by atoms with Crippen LogP contribution in [-0.2, 0) is 4.79 Å². The summed E-state index contributed by atoms with van der Waals surface area (Å²) in [6.07, 6.45) is 7.38. The van der Waals surface area contributed by atoms with E-state index in [9.17, 15) is 9.90 Å². The SMILES string of the molecule is COc1cc(/C=C/C(=O)C=C(O)/C=C/c2ccc(OC(C)(C)C)c(OC)c2)ccc1C. The topological polar surface area (TPSA) is 65.0 Å². The lowest BCUT2D eigenvalue weighted by molar-refractivity contribution is -0.110. The maximum absolute atomic E-state index is 12.1. The van der Waals surface area contributed by atoms with Gasteiger partial charge in [0.15, 0.2) is 17.3 Å². The normalized spacial score (nSPS) is 12.4. The van der Waals surface area contributed by atoms with E-state index in [1.54, 1.807) is 32.4 Å². The molecule has 2 aromatic rings. The minimum atomic E-state index is -0.344. The maximum atomic E-state index is 12.1. The molecular weight excluding hydrogens is 392 g/mol. The molecule has 0 bridgehead atoms. The van der Waals surface area contributed by atoms with Crippen LogP contribution in [0.25, 0.3) is 12.2 Å². The Morgan fingerprint density at radius 2 is 1.45 bits per heavy atom. The van der Waals surface area contributed by atoms with Crippen LogP contribution in [-0.4, -0.2) is 30.7 Å². The lowest BCUT2D eigenvalue weighted by atomic mass is 10.1. The monoisotopic (exact) mass is 422 g/mol. The summed E-state index contributed by atoms with van der Waals surface area (Å²) in [5.41, 5.74) is 2.31. The minimum absolute atomic E-state index is 0.148. The first-order valence-electron chi connectivity index (χ1n) is 9.94. The Labute approximate surface area is 184 Å². The van der Waals surface area contributed by atoms with E-state index in [-0.39, 0.29) is 17.1 Å². The molecule has 0 unspecified atom stereocenters. The van der Waals surface area contributed by atoms with Crippen molar-refractivity contribution in [2.75, 3.05) is 14.2 Å². The van der Waals surface area contributed by atoms with Crippen molar-refractivity contribution in [3.63, 3.8) is 0 Å². The Balaban J connectivity index is 2.08. The van der Waals surface area contributed by atoms with E-state index in [1.807, 2.05) is 58.0 Å². The summed E-state index contributed by atoms with van der Waals surface area (Å²) < 4.78 is 16.5. The van der Waals surface area contributed by atoms with Crippen LogP contribution < -0.4 is 14.2 Å². The number of allylic oxidation sites excluding steroid dienone is 3. The van der Waals surface area contributed by atoms with Crippen LogP contribution in [0.5, 0.6) is 17.2 Å². The first kappa shape index (κ1) is 23.8. The van der Waals surface area contributed by atoms with E-state index < -0.39 is 0 Å². The highest BCUT2D eigenvalue weighted by Gasteiger charge is 2.15. The third kappa shape index (κ3) is 7.70. The van der Waals surface area contributed by atoms with Gasteiger partial charge in [0, 0.05) is 6.08 Å². The zero-order valence-electron chi connectivity index (χ0n) is 18.9. The van der Waals surface area contributed by atoms with Gasteiger partial charge in [0.25, 0.3) is 0 Å². The van der Waals surface area contributed by atoms with E-state index in [0.717, 1.165) is 28.5 Å². The highest BCUT2D eigenvalue weighted by atomic mass is 16.5. The Hall–Kier alpha value is -3.47. The molecule has 0 atom stereocenters. The fourth-order valence-electron chi connectivity index (χ4n) is 2.74. The summed E-state index contributed by atoms with van der Waals surface area (Å²) in [6, 6.07) is 11.1. The summed E-state index contributed by atoms with van der Waals surface area (Å²) in [5, 5.41) is 10.1. The molecule has 0 aliphatic heterocycles. The van der Waals surface area contributed by atoms with Gasteiger partial charge >= 0.3 is 0 Å². The molecule has 0 aromatic heterocycles. The van der Waals surface area contributed by atoms with Crippen molar-refractivity contribution in [1.29, 1.82) is 0 Å². The maximum Gasteiger partial charge on any atom is 0.182 e. The fraction of sp³-hybridized carbons (Fsp3) is 0.269. The van der Waals surface area contributed by atoms with Crippen molar-refractivity contribution in [2.24, 2.45) is 0 Å². The number of methoxy groups -OCH3 is 2. The van der Waals surface area contributed by atoms with Crippen molar-refractivity contribution in [2.45, 2.75) is 33.3 Å². The van der Waals surface area contributed by atoms with Gasteiger partial charge in [-0.05, 0) is 74.7 Å². The van der Waals surface area contributed by atoms with Gasteiger partial charge < -0.3 is 19.3 Å². The average molecular weight is 423 g/mol. The summed E-state index contributed by atoms with van der Waals surface area (Å²) in [4.78, 5) is 12.1. The zero-order valence-corrected chi connectivity index (χ0v) is 18.9. The Bertz CT molecular complexity index is 1010. The lowest BCUT2D eigenvalue weighted by Crippen LogP contribution is -2.23. The molecule has 0 fully saturated rings. The Morgan fingerprint density at radius 1 is 0.871 bits per heavy atom. The molecule has 0 aliphatic rings. The van der Waals surface area contributed by atoms with Crippen molar-refractivity contribution in [1.82, 2.24) is 0 Å². The smallest absolute Gasteiger partial charge is 0.182 e. The molecule has 0 amide bonds. The Morgan fingerprint density at radius 3 is 2.06 bits per heavy atom. The number of carbonyl (C=O) groups excluding carboxylic acids is 1. The van der Waals surface area contributed by atoms with Crippen LogP contribution in [0.3, 0.4) is 0 Å². The third-order valence-electron chi connectivity index (χ3n) is 4.21. The zero-order chi connectivity index (χ0) is 23.0. The Kier molecular flexibility index (Phi) is 8.08. The van der Waals surface area contributed by atoms with Crippen LogP contribution in [0.2, 0.25) is 0 Å². The molecule has 0 heterocycles. The molecule has 0 saturated heterocycles. The van der Waals surface area contributed by atoms with Crippen molar-refractivity contribution >= 4 is 17.9 Å². The molecule has 0 radical (unpaired) electrons. The summed E-state index contributed by atoms with van der Waals surface area (Å²) in [6.45, 7) is 7.84. The van der Waals surface area contributed by atoms with Gasteiger partial charge in [0.05, 0.1) is 14.2 Å². The molecule has 1 N–H and O–H groups in total. The number of hydrogen-bond donors (Lipinski definition) is 1. The molecule has 0 aliphatic carbocycles. The number of aliphatic hydroxyl groups excluding tert-OH is 1. The highest BCUT2D eigenvalue weighted by Crippen LogP contribution is 2.31. The molecule has 164 valence electrons. The number of hydrogen-bond acceptors (Lipinski definition) is 5. The number of carbonyl (C=O) groups is 1. The van der Waals surface area contributed by atoms with Gasteiger partial charge in [-0.2, -0.15) is 0 Å². The number of benzene rings is 2. The fourth-order valence-corrected chi connectivity index (χ4v) is 2.74. The third-order valence-corrected chi connectivity index (χ3v) is 4.21. The number of ether oxygens (including phenoxy) is 3. The van der Waals surface area contributed by atoms with Gasteiger partial charge in [-0.1, -0.05) is 30.4 Å². The van der Waals surface area contributed by atoms with Crippen molar-refractivity contribution in [3.05, 3.63) is 77.1 Å². The van der Waals surface area contributed by atoms with E-state index >= 15 is 0 Å². The average Bonchev–Trinajstić information content (AvgIpc) is 2.71. The van der Waals surface area contributed by atoms with Crippen LogP contribution in [0.4, 0.5) is 0 Å². The molecule has 2 rings (SSSR count). The summed E-state index contributed by atoms with van der Waals surface area (Å²) >= 11 is 0. The molecule has 5 heteroatoms. The van der Waals surface area contributed by atoms with Gasteiger partial charge in [-0.3, -0.25) is 4.79 Å². The predicted octanol–water partition coefficient (Wildman–Crippen LogP) is 5.93. The number of rotatable bonds is 8. The second-order valence-electron chi connectivity index (χ2n) is 7.99. The lowest BCUT2D eigenvalue weighted by Gasteiger charge is -2.22. The van der Waals surface area contributed by atoms with Gasteiger partial charge in [-0.15, -0.1) is 0 Å². The minimum Gasteiger partial charge on any atom is -0.508 e. The first-order valence-corrected chi connectivity index (χ1v) is 9.94. The molecule has 5 nitrogen and oxygen atoms in total.